The van der Waals surface area contributed by atoms with Crippen molar-refractivity contribution in [3.63, 3.8) is 0 Å². The summed E-state index contributed by atoms with van der Waals surface area (Å²) in [6, 6.07) is 8.35. The van der Waals surface area contributed by atoms with Crippen LogP contribution in [-0.2, 0) is 5.75 Å². The first-order valence-corrected chi connectivity index (χ1v) is 7.37. The van der Waals surface area contributed by atoms with Gasteiger partial charge in [-0.3, -0.25) is 4.57 Å². The largest absolute Gasteiger partial charge is 0.368 e. The van der Waals surface area contributed by atoms with E-state index in [1.54, 1.807) is 23.3 Å². The Hall–Kier alpha value is -2.41. The molecule has 0 saturated heterocycles. The van der Waals surface area contributed by atoms with E-state index in [4.69, 9.17) is 5.73 Å². The molecule has 0 saturated carbocycles. The zero-order valence-electron chi connectivity index (χ0n) is 11.5. The summed E-state index contributed by atoms with van der Waals surface area (Å²) in [4.78, 5) is 16.6. The van der Waals surface area contributed by atoms with E-state index in [0.717, 1.165) is 5.75 Å². The number of thioether (sulfide) groups is 1. The lowest BCUT2D eigenvalue weighted by molar-refractivity contribution is 0.832. The van der Waals surface area contributed by atoms with Crippen LogP contribution in [0.25, 0.3) is 5.95 Å². The standard InChI is InChI=1S/C14H14N6S/c1-10-3-2-4-11(7-10)8-21-14-18-12(15)17-13(19-14)20-6-5-16-9-20/h2-7,9H,8H2,1H3,(H2,15,17,18,19). The minimum atomic E-state index is 0.209. The minimum absolute atomic E-state index is 0.209. The molecule has 3 rings (SSSR count). The van der Waals surface area contributed by atoms with Gasteiger partial charge < -0.3 is 5.73 Å². The van der Waals surface area contributed by atoms with Gasteiger partial charge >= 0.3 is 0 Å². The van der Waals surface area contributed by atoms with Crippen molar-refractivity contribution in [2.75, 3.05) is 5.73 Å². The number of nitrogens with zero attached hydrogens (tertiary/aromatic N) is 5. The van der Waals surface area contributed by atoms with Crippen LogP contribution in [0, 0.1) is 6.92 Å². The number of aryl methyl sites for hydroxylation is 1. The zero-order valence-corrected chi connectivity index (χ0v) is 12.3. The molecule has 6 nitrogen and oxygen atoms in total. The van der Waals surface area contributed by atoms with Crippen molar-refractivity contribution in [1.29, 1.82) is 0 Å². The van der Waals surface area contributed by atoms with Crippen molar-refractivity contribution >= 4 is 17.7 Å². The normalized spacial score (nSPS) is 10.7. The molecule has 2 aromatic heterocycles. The lowest BCUT2D eigenvalue weighted by Crippen LogP contribution is -2.06. The summed E-state index contributed by atoms with van der Waals surface area (Å²) in [6.45, 7) is 2.08. The van der Waals surface area contributed by atoms with Crippen molar-refractivity contribution in [3.8, 4) is 5.95 Å². The molecule has 0 unspecified atom stereocenters. The number of hydrogen-bond acceptors (Lipinski definition) is 6. The molecule has 1 aromatic carbocycles. The summed E-state index contributed by atoms with van der Waals surface area (Å²) >= 11 is 1.53. The molecule has 106 valence electrons. The third-order valence-corrected chi connectivity index (χ3v) is 3.72. The summed E-state index contributed by atoms with van der Waals surface area (Å²) in [6.07, 6.45) is 5.06. The molecular weight excluding hydrogens is 284 g/mol. The van der Waals surface area contributed by atoms with Crippen LogP contribution in [0.2, 0.25) is 0 Å². The monoisotopic (exact) mass is 298 g/mol. The second-order valence-electron chi connectivity index (χ2n) is 4.52. The van der Waals surface area contributed by atoms with E-state index in [2.05, 4.69) is 45.1 Å². The van der Waals surface area contributed by atoms with Gasteiger partial charge in [-0.2, -0.15) is 15.0 Å². The van der Waals surface area contributed by atoms with Gasteiger partial charge in [0.15, 0.2) is 5.16 Å². The second-order valence-corrected chi connectivity index (χ2v) is 5.47. The number of rotatable bonds is 4. The van der Waals surface area contributed by atoms with Gasteiger partial charge in [0.2, 0.25) is 11.9 Å². The lowest BCUT2D eigenvalue weighted by atomic mass is 10.2. The van der Waals surface area contributed by atoms with Crippen molar-refractivity contribution in [3.05, 3.63) is 54.1 Å². The van der Waals surface area contributed by atoms with Gasteiger partial charge in [-0.15, -0.1) is 0 Å². The average Bonchev–Trinajstić information content (AvgIpc) is 2.99. The Labute approximate surface area is 126 Å². The quantitative estimate of drug-likeness (QED) is 0.744. The van der Waals surface area contributed by atoms with E-state index in [-0.39, 0.29) is 5.95 Å². The summed E-state index contributed by atoms with van der Waals surface area (Å²) in [5, 5.41) is 0.604. The van der Waals surface area contributed by atoms with Crippen molar-refractivity contribution in [1.82, 2.24) is 24.5 Å². The zero-order chi connectivity index (χ0) is 14.7. The van der Waals surface area contributed by atoms with Crippen molar-refractivity contribution in [2.45, 2.75) is 17.8 Å². The van der Waals surface area contributed by atoms with E-state index in [1.807, 2.05) is 6.07 Å². The van der Waals surface area contributed by atoms with Crippen molar-refractivity contribution < 1.29 is 0 Å². The Morgan fingerprint density at radius 3 is 2.90 bits per heavy atom. The highest BCUT2D eigenvalue weighted by molar-refractivity contribution is 7.98. The number of imidazole rings is 1. The van der Waals surface area contributed by atoms with Gasteiger partial charge in [-0.1, -0.05) is 41.6 Å². The van der Waals surface area contributed by atoms with Gasteiger partial charge in [-0.25, -0.2) is 4.98 Å². The van der Waals surface area contributed by atoms with Gasteiger partial charge in [0, 0.05) is 18.1 Å². The van der Waals surface area contributed by atoms with E-state index in [9.17, 15) is 0 Å². The molecule has 0 aliphatic carbocycles. The molecule has 0 spiro atoms. The third-order valence-electron chi connectivity index (χ3n) is 2.81. The number of benzene rings is 1. The van der Waals surface area contributed by atoms with Crippen LogP contribution in [0.5, 0.6) is 0 Å². The van der Waals surface area contributed by atoms with Gasteiger partial charge in [0.1, 0.15) is 6.33 Å². The van der Waals surface area contributed by atoms with E-state index < -0.39 is 0 Å². The summed E-state index contributed by atoms with van der Waals surface area (Å²) in [5.74, 6) is 1.47. The maximum atomic E-state index is 5.75. The van der Waals surface area contributed by atoms with Gasteiger partial charge in [-0.05, 0) is 12.5 Å². The summed E-state index contributed by atoms with van der Waals surface area (Å²) in [7, 11) is 0. The van der Waals surface area contributed by atoms with Gasteiger partial charge in [0.25, 0.3) is 0 Å². The molecule has 0 amide bonds. The predicted molar refractivity (Wildman–Crippen MR) is 82.1 cm³/mol. The van der Waals surface area contributed by atoms with Crippen LogP contribution < -0.4 is 5.73 Å². The lowest BCUT2D eigenvalue weighted by Gasteiger charge is -2.05. The average molecular weight is 298 g/mol. The van der Waals surface area contributed by atoms with Crippen LogP contribution in [0.3, 0.4) is 0 Å². The summed E-state index contributed by atoms with van der Waals surface area (Å²) in [5.41, 5.74) is 8.21. The number of aromatic nitrogens is 5. The Kier molecular flexibility index (Phi) is 3.83. The smallest absolute Gasteiger partial charge is 0.240 e. The molecule has 0 radical (unpaired) electrons. The maximum Gasteiger partial charge on any atom is 0.240 e. The highest BCUT2D eigenvalue weighted by Crippen LogP contribution is 2.20. The highest BCUT2D eigenvalue weighted by Gasteiger charge is 2.07. The summed E-state index contributed by atoms with van der Waals surface area (Å²) < 4.78 is 1.70. The molecule has 0 aliphatic rings. The fourth-order valence-electron chi connectivity index (χ4n) is 1.87. The van der Waals surface area contributed by atoms with Crippen LogP contribution in [0.15, 0.2) is 48.1 Å². The SMILES string of the molecule is Cc1cccc(CSc2nc(N)nc(-n3ccnc3)n2)c1. The predicted octanol–water partition coefficient (Wildman–Crippen LogP) is 2.24. The first-order valence-electron chi connectivity index (χ1n) is 6.39. The number of anilines is 1. The van der Waals surface area contributed by atoms with Crippen LogP contribution in [0.4, 0.5) is 5.95 Å². The maximum absolute atomic E-state index is 5.75. The minimum Gasteiger partial charge on any atom is -0.368 e. The Morgan fingerprint density at radius 1 is 1.24 bits per heavy atom. The van der Waals surface area contributed by atoms with E-state index in [1.165, 1.54) is 22.9 Å². The Balaban J connectivity index is 1.79. The first-order chi connectivity index (χ1) is 10.2. The van der Waals surface area contributed by atoms with E-state index in [0.29, 0.717) is 11.1 Å². The molecule has 21 heavy (non-hydrogen) atoms. The van der Waals surface area contributed by atoms with Crippen LogP contribution in [-0.4, -0.2) is 24.5 Å². The second kappa shape index (κ2) is 5.92. The van der Waals surface area contributed by atoms with Gasteiger partial charge in [0.05, 0.1) is 0 Å². The number of hydrogen-bond donors (Lipinski definition) is 1. The molecule has 0 atom stereocenters. The fraction of sp³-hybridized carbons (Fsp3) is 0.143. The topological polar surface area (TPSA) is 82.5 Å². The molecule has 3 aromatic rings. The fourth-order valence-corrected chi connectivity index (χ4v) is 2.65. The molecule has 7 heteroatoms. The molecule has 2 heterocycles. The Morgan fingerprint density at radius 2 is 2.14 bits per heavy atom. The van der Waals surface area contributed by atoms with Crippen LogP contribution in [0.1, 0.15) is 11.1 Å². The van der Waals surface area contributed by atoms with Crippen molar-refractivity contribution in [2.24, 2.45) is 0 Å². The molecule has 0 aliphatic heterocycles. The van der Waals surface area contributed by atoms with E-state index >= 15 is 0 Å². The highest BCUT2D eigenvalue weighted by atomic mass is 32.2. The third kappa shape index (κ3) is 3.38. The van der Waals surface area contributed by atoms with Crippen LogP contribution >= 0.6 is 11.8 Å². The number of nitrogens with two attached hydrogens (primary N) is 1. The first kappa shape index (κ1) is 13.6. The molecule has 0 bridgehead atoms. The number of nitrogen functional groups attached to an aromatic ring is 1. The molecule has 0 fully saturated rings. The Bertz CT molecular complexity index is 741. The molecule has 2 N–H and O–H groups in total. The molecular formula is C14H14N6S.